The van der Waals surface area contributed by atoms with Gasteiger partial charge in [0.15, 0.2) is 0 Å². The van der Waals surface area contributed by atoms with E-state index in [-0.39, 0.29) is 11.9 Å². The Morgan fingerprint density at radius 3 is 3.00 bits per heavy atom. The molecule has 0 saturated carbocycles. The molecule has 0 fully saturated rings. The summed E-state index contributed by atoms with van der Waals surface area (Å²) < 4.78 is 0. The lowest BCUT2D eigenvalue weighted by atomic mass is 10.1. The predicted octanol–water partition coefficient (Wildman–Crippen LogP) is 2.89. The highest BCUT2D eigenvalue weighted by Gasteiger charge is 2.24. The Kier molecular flexibility index (Phi) is 3.36. The van der Waals surface area contributed by atoms with E-state index in [1.807, 2.05) is 39.9 Å². The van der Waals surface area contributed by atoms with Gasteiger partial charge >= 0.3 is 0 Å². The molecule has 1 N–H and O–H groups in total. The fourth-order valence-corrected chi connectivity index (χ4v) is 3.01. The van der Waals surface area contributed by atoms with Gasteiger partial charge in [0.25, 0.3) is 5.91 Å². The van der Waals surface area contributed by atoms with Crippen LogP contribution >= 0.6 is 11.3 Å². The maximum atomic E-state index is 12.6. The number of amides is 1. The van der Waals surface area contributed by atoms with E-state index in [9.17, 15) is 4.79 Å². The Labute approximate surface area is 116 Å². The Bertz CT molecular complexity index is 580. The zero-order chi connectivity index (χ0) is 13.2. The van der Waals surface area contributed by atoms with Crippen molar-refractivity contribution in [2.45, 2.75) is 19.5 Å². The van der Waals surface area contributed by atoms with Crippen LogP contribution in [0.15, 0.2) is 41.1 Å². The second-order valence-corrected chi connectivity index (χ2v) is 5.62. The van der Waals surface area contributed by atoms with Crippen molar-refractivity contribution in [2.24, 2.45) is 0 Å². The largest absolute Gasteiger partial charge is 0.308 e. The molecule has 1 amide bonds. The van der Waals surface area contributed by atoms with E-state index in [0.717, 1.165) is 17.8 Å². The Morgan fingerprint density at radius 2 is 2.21 bits per heavy atom. The fraction of sp³-hybridized carbons (Fsp3) is 0.267. The molecule has 1 unspecified atom stereocenters. The highest BCUT2D eigenvalue weighted by molar-refractivity contribution is 7.08. The van der Waals surface area contributed by atoms with E-state index >= 15 is 0 Å². The maximum absolute atomic E-state index is 12.6. The third-order valence-electron chi connectivity index (χ3n) is 3.39. The van der Waals surface area contributed by atoms with Gasteiger partial charge in [-0.25, -0.2) is 0 Å². The number of nitrogens with zero attached hydrogens (tertiary/aromatic N) is 1. The lowest BCUT2D eigenvalue weighted by Crippen LogP contribution is -2.39. The molecule has 1 atom stereocenters. The van der Waals surface area contributed by atoms with Crippen molar-refractivity contribution in [3.05, 3.63) is 52.2 Å². The molecule has 1 aliphatic rings. The number of hydrogen-bond acceptors (Lipinski definition) is 3. The van der Waals surface area contributed by atoms with E-state index in [1.54, 1.807) is 11.3 Å². The fourth-order valence-electron chi connectivity index (χ4n) is 2.38. The summed E-state index contributed by atoms with van der Waals surface area (Å²) in [6, 6.07) is 10.3. The van der Waals surface area contributed by atoms with E-state index in [1.165, 1.54) is 5.56 Å². The molecule has 1 aromatic carbocycles. The quantitative estimate of drug-likeness (QED) is 0.865. The molecule has 0 saturated heterocycles. The number of nitrogens with one attached hydrogen (secondary N) is 1. The second kappa shape index (κ2) is 5.15. The van der Waals surface area contributed by atoms with Gasteiger partial charge in [-0.05, 0) is 30.0 Å². The van der Waals surface area contributed by atoms with Gasteiger partial charge in [-0.3, -0.25) is 4.79 Å². The van der Waals surface area contributed by atoms with Crippen molar-refractivity contribution < 1.29 is 4.79 Å². The van der Waals surface area contributed by atoms with Crippen LogP contribution in [-0.4, -0.2) is 18.5 Å². The minimum Gasteiger partial charge on any atom is -0.308 e. The number of benzene rings is 1. The Morgan fingerprint density at radius 1 is 1.37 bits per heavy atom. The average Bonchev–Trinajstić information content (AvgIpc) is 2.91. The van der Waals surface area contributed by atoms with Crippen molar-refractivity contribution >= 4 is 22.9 Å². The zero-order valence-corrected chi connectivity index (χ0v) is 11.6. The van der Waals surface area contributed by atoms with Crippen LogP contribution in [0.3, 0.4) is 0 Å². The van der Waals surface area contributed by atoms with Gasteiger partial charge in [-0.2, -0.15) is 11.3 Å². The number of carbonyl (C=O) groups is 1. The van der Waals surface area contributed by atoms with Crippen molar-refractivity contribution in [3.8, 4) is 0 Å². The highest BCUT2D eigenvalue weighted by Crippen LogP contribution is 2.25. The lowest BCUT2D eigenvalue weighted by molar-refractivity contribution is 0.0986. The highest BCUT2D eigenvalue weighted by atomic mass is 32.1. The lowest BCUT2D eigenvalue weighted by Gasteiger charge is -2.24. The molecule has 2 aromatic rings. The van der Waals surface area contributed by atoms with E-state index in [0.29, 0.717) is 6.54 Å². The predicted molar refractivity (Wildman–Crippen MR) is 78.7 cm³/mol. The standard InChI is InChI=1S/C15H16N2OS/c1-11-9-17(15(18)13-6-7-19-10-13)14-5-3-2-4-12(14)8-16-11/h2-7,10-11,16H,8-9H2,1H3. The van der Waals surface area contributed by atoms with Crippen molar-refractivity contribution in [1.82, 2.24) is 5.32 Å². The number of anilines is 1. The number of hydrogen-bond donors (Lipinski definition) is 1. The van der Waals surface area contributed by atoms with Crippen LogP contribution in [0, 0.1) is 0 Å². The monoisotopic (exact) mass is 272 g/mol. The summed E-state index contributed by atoms with van der Waals surface area (Å²) in [6.07, 6.45) is 0. The van der Waals surface area contributed by atoms with Crippen LogP contribution in [0.5, 0.6) is 0 Å². The summed E-state index contributed by atoms with van der Waals surface area (Å²) in [4.78, 5) is 14.5. The first-order valence-corrected chi connectivity index (χ1v) is 7.35. The summed E-state index contributed by atoms with van der Waals surface area (Å²) >= 11 is 1.56. The van der Waals surface area contributed by atoms with Crippen LogP contribution in [0.1, 0.15) is 22.8 Å². The maximum Gasteiger partial charge on any atom is 0.259 e. The van der Waals surface area contributed by atoms with E-state index < -0.39 is 0 Å². The van der Waals surface area contributed by atoms with Gasteiger partial charge in [0.05, 0.1) is 5.56 Å². The molecule has 2 heterocycles. The minimum absolute atomic E-state index is 0.0873. The first-order valence-electron chi connectivity index (χ1n) is 6.41. The normalized spacial score (nSPS) is 18.8. The van der Waals surface area contributed by atoms with Crippen molar-refractivity contribution in [1.29, 1.82) is 0 Å². The summed E-state index contributed by atoms with van der Waals surface area (Å²) in [5.74, 6) is 0.0873. The van der Waals surface area contributed by atoms with E-state index in [4.69, 9.17) is 0 Å². The molecule has 0 spiro atoms. The SMILES string of the molecule is CC1CN(C(=O)c2ccsc2)c2ccccc2CN1. The van der Waals surface area contributed by atoms with E-state index in [2.05, 4.69) is 18.3 Å². The van der Waals surface area contributed by atoms with Gasteiger partial charge in [-0.15, -0.1) is 0 Å². The van der Waals surface area contributed by atoms with Gasteiger partial charge in [-0.1, -0.05) is 18.2 Å². The molecular weight excluding hydrogens is 256 g/mol. The molecule has 98 valence electrons. The number of fused-ring (bicyclic) bond motifs is 1. The smallest absolute Gasteiger partial charge is 0.259 e. The first kappa shape index (κ1) is 12.4. The van der Waals surface area contributed by atoms with Crippen LogP contribution < -0.4 is 10.2 Å². The molecular formula is C15H16N2OS. The van der Waals surface area contributed by atoms with Gasteiger partial charge in [0.2, 0.25) is 0 Å². The average molecular weight is 272 g/mol. The van der Waals surface area contributed by atoms with Crippen LogP contribution in [0.2, 0.25) is 0 Å². The summed E-state index contributed by atoms with van der Waals surface area (Å²) in [5.41, 5.74) is 2.97. The minimum atomic E-state index is 0.0873. The van der Waals surface area contributed by atoms with Crippen molar-refractivity contribution in [2.75, 3.05) is 11.4 Å². The number of thiophene rings is 1. The van der Waals surface area contributed by atoms with Gasteiger partial charge in [0, 0.05) is 30.2 Å². The second-order valence-electron chi connectivity index (χ2n) is 4.84. The molecule has 0 aliphatic carbocycles. The molecule has 4 heteroatoms. The Balaban J connectivity index is 2.01. The molecule has 19 heavy (non-hydrogen) atoms. The number of para-hydroxylation sites is 1. The van der Waals surface area contributed by atoms with Crippen LogP contribution in [0.4, 0.5) is 5.69 Å². The zero-order valence-electron chi connectivity index (χ0n) is 10.8. The molecule has 1 aliphatic heterocycles. The third-order valence-corrected chi connectivity index (χ3v) is 4.08. The molecule has 1 aromatic heterocycles. The number of rotatable bonds is 1. The molecule has 0 bridgehead atoms. The molecule has 0 radical (unpaired) electrons. The summed E-state index contributed by atoms with van der Waals surface area (Å²) in [7, 11) is 0. The summed E-state index contributed by atoms with van der Waals surface area (Å²) in [6.45, 7) is 3.62. The molecule has 3 rings (SSSR count). The topological polar surface area (TPSA) is 32.3 Å². The number of carbonyl (C=O) groups excluding carboxylic acids is 1. The van der Waals surface area contributed by atoms with Crippen LogP contribution in [0.25, 0.3) is 0 Å². The van der Waals surface area contributed by atoms with Gasteiger partial charge < -0.3 is 10.2 Å². The first-order chi connectivity index (χ1) is 9.25. The Hall–Kier alpha value is -1.65. The molecule has 3 nitrogen and oxygen atoms in total. The summed E-state index contributed by atoms with van der Waals surface area (Å²) in [5, 5.41) is 7.29. The van der Waals surface area contributed by atoms with Crippen molar-refractivity contribution in [3.63, 3.8) is 0 Å². The van der Waals surface area contributed by atoms with Gasteiger partial charge in [0.1, 0.15) is 0 Å². The third kappa shape index (κ3) is 2.41. The van der Waals surface area contributed by atoms with Crippen LogP contribution in [-0.2, 0) is 6.54 Å².